The van der Waals surface area contributed by atoms with Gasteiger partial charge in [0.1, 0.15) is 0 Å². The van der Waals surface area contributed by atoms with E-state index in [1.807, 2.05) is 54.6 Å². The van der Waals surface area contributed by atoms with E-state index in [4.69, 9.17) is 4.42 Å². The van der Waals surface area contributed by atoms with Gasteiger partial charge in [0.15, 0.2) is 11.5 Å². The van der Waals surface area contributed by atoms with Crippen LogP contribution >= 0.6 is 0 Å². The number of furan rings is 1. The maximum Gasteiger partial charge on any atom is 0.289 e. The molecule has 6 nitrogen and oxygen atoms in total. The second-order valence-corrected chi connectivity index (χ2v) is 7.76. The zero-order chi connectivity index (χ0) is 21.2. The van der Waals surface area contributed by atoms with Gasteiger partial charge in [-0.15, -0.1) is 0 Å². The van der Waals surface area contributed by atoms with Crippen LogP contribution in [0.1, 0.15) is 20.9 Å². The molecule has 0 spiro atoms. The summed E-state index contributed by atoms with van der Waals surface area (Å²) >= 11 is 0. The average Bonchev–Trinajstić information content (AvgIpc) is 3.48. The average molecular weight is 413 g/mol. The SMILES string of the molecule is O=C(CN1CCN(C(=O)c2ccco2)CC1)c1c(-c2ccccc2)[nH]c2ccccc12. The molecule has 1 aliphatic rings. The fourth-order valence-corrected chi connectivity index (χ4v) is 4.20. The third kappa shape index (κ3) is 3.78. The van der Waals surface area contributed by atoms with Crippen molar-refractivity contribution >= 4 is 22.6 Å². The summed E-state index contributed by atoms with van der Waals surface area (Å²) in [6.45, 7) is 2.78. The van der Waals surface area contributed by atoms with E-state index in [0.717, 1.165) is 27.7 Å². The van der Waals surface area contributed by atoms with Gasteiger partial charge in [-0.3, -0.25) is 14.5 Å². The first kappa shape index (κ1) is 19.3. The lowest BCUT2D eigenvalue weighted by Gasteiger charge is -2.33. The van der Waals surface area contributed by atoms with Gasteiger partial charge in [0.05, 0.1) is 24.1 Å². The standard InChI is InChI=1S/C25H23N3O3/c29-21(17-27-12-14-28(15-13-27)25(30)22-11-6-16-31-22)23-19-9-4-5-10-20(19)26-24(23)18-7-2-1-3-8-18/h1-11,16,26H,12-15,17H2. The lowest BCUT2D eigenvalue weighted by Crippen LogP contribution is -2.49. The van der Waals surface area contributed by atoms with Gasteiger partial charge in [-0.05, 0) is 23.8 Å². The van der Waals surface area contributed by atoms with E-state index in [-0.39, 0.29) is 11.7 Å². The summed E-state index contributed by atoms with van der Waals surface area (Å²) in [6, 6.07) is 21.3. The van der Waals surface area contributed by atoms with Crippen LogP contribution in [0.2, 0.25) is 0 Å². The normalized spacial score (nSPS) is 14.8. The molecule has 0 saturated carbocycles. The second-order valence-electron chi connectivity index (χ2n) is 7.76. The molecule has 5 rings (SSSR count). The summed E-state index contributed by atoms with van der Waals surface area (Å²) in [5.74, 6) is 0.344. The molecule has 0 aliphatic carbocycles. The summed E-state index contributed by atoms with van der Waals surface area (Å²) in [6.07, 6.45) is 1.51. The number of carbonyl (C=O) groups excluding carboxylic acids is 2. The molecule has 31 heavy (non-hydrogen) atoms. The molecule has 1 aliphatic heterocycles. The Hall–Kier alpha value is -3.64. The van der Waals surface area contributed by atoms with E-state index in [1.165, 1.54) is 6.26 Å². The van der Waals surface area contributed by atoms with Crippen LogP contribution in [0, 0.1) is 0 Å². The number of para-hydroxylation sites is 1. The highest BCUT2D eigenvalue weighted by Gasteiger charge is 2.26. The number of benzene rings is 2. The van der Waals surface area contributed by atoms with E-state index in [0.29, 0.717) is 38.5 Å². The third-order valence-corrected chi connectivity index (χ3v) is 5.81. The number of hydrogen-bond donors (Lipinski definition) is 1. The number of piperazine rings is 1. The molecule has 1 saturated heterocycles. The highest BCUT2D eigenvalue weighted by Crippen LogP contribution is 2.31. The van der Waals surface area contributed by atoms with Crippen molar-refractivity contribution in [1.29, 1.82) is 0 Å². The number of ketones is 1. The molecule has 2 aromatic carbocycles. The number of nitrogens with one attached hydrogen (secondary N) is 1. The van der Waals surface area contributed by atoms with E-state index in [9.17, 15) is 9.59 Å². The number of carbonyl (C=O) groups is 2. The lowest BCUT2D eigenvalue weighted by molar-refractivity contribution is 0.0596. The van der Waals surface area contributed by atoms with Gasteiger partial charge in [0.2, 0.25) is 0 Å². The molecule has 0 unspecified atom stereocenters. The van der Waals surface area contributed by atoms with Crippen LogP contribution in [0.5, 0.6) is 0 Å². The minimum absolute atomic E-state index is 0.0853. The Morgan fingerprint density at radius 2 is 1.61 bits per heavy atom. The molecule has 0 bridgehead atoms. The Labute approximate surface area is 180 Å². The summed E-state index contributed by atoms with van der Waals surface area (Å²) in [5, 5.41) is 0.943. The number of fused-ring (bicyclic) bond motifs is 1. The third-order valence-electron chi connectivity index (χ3n) is 5.81. The molecule has 1 N–H and O–H groups in total. The van der Waals surface area contributed by atoms with E-state index < -0.39 is 0 Å². The fraction of sp³-hybridized carbons (Fsp3) is 0.200. The highest BCUT2D eigenvalue weighted by molar-refractivity contribution is 6.14. The van der Waals surface area contributed by atoms with Gasteiger partial charge in [-0.2, -0.15) is 0 Å². The first-order valence-corrected chi connectivity index (χ1v) is 10.4. The predicted molar refractivity (Wildman–Crippen MR) is 119 cm³/mol. The lowest BCUT2D eigenvalue weighted by atomic mass is 10.0. The summed E-state index contributed by atoms with van der Waals surface area (Å²) in [4.78, 5) is 33.2. The van der Waals surface area contributed by atoms with Gasteiger partial charge < -0.3 is 14.3 Å². The first-order chi connectivity index (χ1) is 15.2. The molecule has 156 valence electrons. The topological polar surface area (TPSA) is 69.6 Å². The number of amides is 1. The summed E-state index contributed by atoms with van der Waals surface area (Å²) < 4.78 is 5.22. The number of H-pyrrole nitrogens is 1. The molecule has 4 aromatic rings. The summed E-state index contributed by atoms with van der Waals surface area (Å²) in [7, 11) is 0. The zero-order valence-corrected chi connectivity index (χ0v) is 17.1. The van der Waals surface area contributed by atoms with Crippen LogP contribution in [-0.4, -0.2) is 59.2 Å². The predicted octanol–water partition coefficient (Wildman–Crippen LogP) is 4.07. The molecule has 1 amide bonds. The molecule has 1 fully saturated rings. The quantitative estimate of drug-likeness (QED) is 0.501. The Kier molecular flexibility index (Phi) is 5.14. The highest BCUT2D eigenvalue weighted by atomic mass is 16.3. The van der Waals surface area contributed by atoms with Crippen molar-refractivity contribution in [3.63, 3.8) is 0 Å². The minimum atomic E-state index is -0.0982. The maximum atomic E-state index is 13.4. The van der Waals surface area contributed by atoms with Crippen LogP contribution in [0.25, 0.3) is 22.2 Å². The van der Waals surface area contributed by atoms with E-state index in [2.05, 4.69) is 9.88 Å². The van der Waals surface area contributed by atoms with Crippen molar-refractivity contribution < 1.29 is 14.0 Å². The van der Waals surface area contributed by atoms with Crippen molar-refractivity contribution in [1.82, 2.24) is 14.8 Å². The minimum Gasteiger partial charge on any atom is -0.459 e. The van der Waals surface area contributed by atoms with Gasteiger partial charge in [0, 0.05) is 37.1 Å². The Balaban J connectivity index is 1.34. The van der Waals surface area contributed by atoms with E-state index >= 15 is 0 Å². The van der Waals surface area contributed by atoms with Gasteiger partial charge in [-0.1, -0.05) is 48.5 Å². The fourth-order valence-electron chi connectivity index (χ4n) is 4.20. The van der Waals surface area contributed by atoms with Crippen molar-refractivity contribution in [2.24, 2.45) is 0 Å². The Morgan fingerprint density at radius 3 is 2.35 bits per heavy atom. The molecule has 6 heteroatoms. The van der Waals surface area contributed by atoms with Gasteiger partial charge in [0.25, 0.3) is 5.91 Å². The number of aromatic amines is 1. The van der Waals surface area contributed by atoms with E-state index in [1.54, 1.807) is 17.0 Å². The van der Waals surface area contributed by atoms with Crippen LogP contribution in [0.3, 0.4) is 0 Å². The molecule has 0 atom stereocenters. The Morgan fingerprint density at radius 1 is 0.871 bits per heavy atom. The van der Waals surface area contributed by atoms with Crippen LogP contribution in [-0.2, 0) is 0 Å². The Bertz CT molecular complexity index is 1200. The number of Topliss-reactive ketones (excluding diaryl/α,β-unsaturated/α-hetero) is 1. The summed E-state index contributed by atoms with van der Waals surface area (Å²) in [5.41, 5.74) is 3.55. The first-order valence-electron chi connectivity index (χ1n) is 10.4. The zero-order valence-electron chi connectivity index (χ0n) is 17.1. The van der Waals surface area contributed by atoms with Crippen LogP contribution in [0.15, 0.2) is 77.4 Å². The molecular weight excluding hydrogens is 390 g/mol. The molecular formula is C25H23N3O3. The number of hydrogen-bond acceptors (Lipinski definition) is 4. The smallest absolute Gasteiger partial charge is 0.289 e. The van der Waals surface area contributed by atoms with Crippen LogP contribution < -0.4 is 0 Å². The second kappa shape index (κ2) is 8.24. The van der Waals surface area contributed by atoms with Crippen molar-refractivity contribution in [2.75, 3.05) is 32.7 Å². The van der Waals surface area contributed by atoms with Crippen LogP contribution in [0.4, 0.5) is 0 Å². The number of rotatable bonds is 5. The molecule has 2 aromatic heterocycles. The maximum absolute atomic E-state index is 13.4. The van der Waals surface area contributed by atoms with Crippen molar-refractivity contribution in [3.05, 3.63) is 84.3 Å². The largest absolute Gasteiger partial charge is 0.459 e. The van der Waals surface area contributed by atoms with Gasteiger partial charge >= 0.3 is 0 Å². The van der Waals surface area contributed by atoms with Gasteiger partial charge in [-0.25, -0.2) is 0 Å². The molecule has 3 heterocycles. The van der Waals surface area contributed by atoms with Crippen molar-refractivity contribution in [2.45, 2.75) is 0 Å². The number of aromatic nitrogens is 1. The van der Waals surface area contributed by atoms with Crippen molar-refractivity contribution in [3.8, 4) is 11.3 Å². The number of nitrogens with zero attached hydrogens (tertiary/aromatic N) is 2. The monoisotopic (exact) mass is 413 g/mol. The molecule has 0 radical (unpaired) electrons.